The van der Waals surface area contributed by atoms with Crippen LogP contribution < -0.4 is 5.56 Å². The van der Waals surface area contributed by atoms with Crippen LogP contribution in [-0.4, -0.2) is 10.4 Å². The van der Waals surface area contributed by atoms with Gasteiger partial charge in [0.1, 0.15) is 0 Å². The van der Waals surface area contributed by atoms with Crippen LogP contribution in [0.2, 0.25) is 0 Å². The second kappa shape index (κ2) is 10.6. The van der Waals surface area contributed by atoms with Crippen LogP contribution in [0.3, 0.4) is 0 Å². The molecule has 0 fully saturated rings. The van der Waals surface area contributed by atoms with Gasteiger partial charge in [0.25, 0.3) is 0 Å². The number of ketones is 1. The fourth-order valence-electron chi connectivity index (χ4n) is 1.75. The van der Waals surface area contributed by atoms with Crippen LogP contribution in [0.4, 0.5) is 0 Å². The Balaban J connectivity index is 0.00000441. The molecular weight excluding hydrogens is 351 g/mol. The number of Topliss-reactive ketones (excluding diaryl/α,β-unsaturated/α-hetero) is 1. The van der Waals surface area contributed by atoms with E-state index in [1.165, 1.54) is 17.6 Å². The number of aromatic nitrogens is 1. The van der Waals surface area contributed by atoms with Gasteiger partial charge in [0.15, 0.2) is 5.78 Å². The zero-order valence-corrected chi connectivity index (χ0v) is 16.6. The molecule has 0 aromatic carbocycles. The van der Waals surface area contributed by atoms with Crippen molar-refractivity contribution in [3.63, 3.8) is 0 Å². The molecular formula is C18H22NO2Y-. The van der Waals surface area contributed by atoms with Crippen molar-refractivity contribution in [2.24, 2.45) is 0 Å². The van der Waals surface area contributed by atoms with Gasteiger partial charge in [-0.25, -0.2) is 0 Å². The van der Waals surface area contributed by atoms with Crippen molar-refractivity contribution in [2.75, 3.05) is 0 Å². The van der Waals surface area contributed by atoms with Crippen molar-refractivity contribution in [3.05, 3.63) is 64.1 Å². The number of allylic oxidation sites excluding steroid dienone is 6. The summed E-state index contributed by atoms with van der Waals surface area (Å²) in [6.07, 6.45) is 12.8. The molecule has 1 radical (unpaired) electrons. The van der Waals surface area contributed by atoms with E-state index in [1.54, 1.807) is 18.3 Å². The van der Waals surface area contributed by atoms with Gasteiger partial charge in [-0.05, 0) is 19.4 Å². The van der Waals surface area contributed by atoms with Gasteiger partial charge in [-0.2, -0.15) is 23.8 Å². The number of carbonyl (C=O) groups excluding carboxylic acids is 1. The molecule has 115 valence electrons. The summed E-state index contributed by atoms with van der Waals surface area (Å²) in [5, 5.41) is 0. The predicted molar refractivity (Wildman–Crippen MR) is 87.1 cm³/mol. The zero-order valence-electron chi connectivity index (χ0n) is 13.7. The minimum absolute atomic E-state index is 0. The minimum Gasteiger partial charge on any atom is -0.342 e. The summed E-state index contributed by atoms with van der Waals surface area (Å²) in [4.78, 5) is 23.2. The number of rotatable bonds is 6. The van der Waals surface area contributed by atoms with Crippen molar-refractivity contribution < 1.29 is 37.5 Å². The molecule has 4 heteroatoms. The Bertz CT molecular complexity index is 651. The quantitative estimate of drug-likeness (QED) is 0.429. The van der Waals surface area contributed by atoms with Crippen LogP contribution in [0.15, 0.2) is 46.9 Å². The van der Waals surface area contributed by atoms with E-state index in [0.717, 1.165) is 24.1 Å². The first-order chi connectivity index (χ1) is 9.95. The molecule has 0 aliphatic rings. The molecule has 22 heavy (non-hydrogen) atoms. The van der Waals surface area contributed by atoms with E-state index in [9.17, 15) is 9.59 Å². The fraction of sp³-hybridized carbons (Fsp3) is 0.333. The molecule has 0 aliphatic carbocycles. The van der Waals surface area contributed by atoms with E-state index in [4.69, 9.17) is 0 Å². The molecule has 0 saturated heterocycles. The monoisotopic (exact) mass is 373 g/mol. The van der Waals surface area contributed by atoms with Gasteiger partial charge in [-0.3, -0.25) is 9.59 Å². The smallest absolute Gasteiger partial charge is 0.244 e. The van der Waals surface area contributed by atoms with Crippen LogP contribution in [0.5, 0.6) is 0 Å². The largest absolute Gasteiger partial charge is 0.342 e. The molecule has 0 spiro atoms. The van der Waals surface area contributed by atoms with Gasteiger partial charge in [0.05, 0.1) is 0 Å². The Hall–Kier alpha value is -1.06. The molecule has 1 heterocycles. The maximum absolute atomic E-state index is 12.0. The molecule has 0 N–H and O–H groups in total. The molecule has 0 aliphatic heterocycles. The third-order valence-electron chi connectivity index (χ3n) is 3.04. The van der Waals surface area contributed by atoms with E-state index >= 15 is 0 Å². The number of hydrogen-bond donors (Lipinski definition) is 0. The van der Waals surface area contributed by atoms with Crippen molar-refractivity contribution in [1.82, 2.24) is 4.57 Å². The van der Waals surface area contributed by atoms with Crippen molar-refractivity contribution in [2.45, 2.75) is 40.5 Å². The third-order valence-corrected chi connectivity index (χ3v) is 3.04. The summed E-state index contributed by atoms with van der Waals surface area (Å²) in [5.74, 6) is -0.107. The molecule has 3 nitrogen and oxygen atoms in total. The van der Waals surface area contributed by atoms with Crippen LogP contribution in [0, 0.1) is 6.08 Å². The topological polar surface area (TPSA) is 39.1 Å². The number of nitrogens with zero attached hydrogens (tertiary/aromatic N) is 1. The van der Waals surface area contributed by atoms with Gasteiger partial charge < -0.3 is 4.57 Å². The molecule has 0 amide bonds. The van der Waals surface area contributed by atoms with Crippen molar-refractivity contribution >= 4 is 11.5 Å². The van der Waals surface area contributed by atoms with Crippen LogP contribution in [0.1, 0.15) is 50.9 Å². The SMILES string of the molecule is CCC/C=C/C(C)=[C-]/C=C(\C)n1ccc(C(C)=O)cc1=O.[Y]. The average molecular weight is 373 g/mol. The summed E-state index contributed by atoms with van der Waals surface area (Å²) in [6.45, 7) is 7.39. The molecule has 0 atom stereocenters. The first kappa shape index (κ1) is 20.9. The summed E-state index contributed by atoms with van der Waals surface area (Å²) < 4.78 is 1.50. The van der Waals surface area contributed by atoms with E-state index in [2.05, 4.69) is 19.1 Å². The Morgan fingerprint density at radius 2 is 2.00 bits per heavy atom. The van der Waals surface area contributed by atoms with E-state index in [1.807, 2.05) is 19.9 Å². The second-order valence-electron chi connectivity index (χ2n) is 4.98. The fourth-order valence-corrected chi connectivity index (χ4v) is 1.75. The zero-order chi connectivity index (χ0) is 15.8. The van der Waals surface area contributed by atoms with Crippen LogP contribution >= 0.6 is 0 Å². The molecule has 1 aromatic heterocycles. The van der Waals surface area contributed by atoms with Gasteiger partial charge in [-0.1, -0.05) is 32.9 Å². The number of carbonyl (C=O) groups is 1. The normalized spacial score (nSPS) is 12.4. The summed E-state index contributed by atoms with van der Waals surface area (Å²) >= 11 is 0. The molecule has 1 aromatic rings. The Morgan fingerprint density at radius 1 is 1.32 bits per heavy atom. The van der Waals surface area contributed by atoms with Gasteiger partial charge in [0, 0.05) is 50.5 Å². The maximum Gasteiger partial charge on any atom is 0.244 e. The first-order valence-electron chi connectivity index (χ1n) is 7.13. The standard InChI is InChI=1S/C18H22NO2.Y/c1-5-6-7-8-14(2)9-10-15(3)19-12-11-17(16(4)20)13-18(19)21;/h7-8,10-13H,5-6H2,1-4H3;/q-1;/b8-7+,15-10+;. The Kier molecular flexibility index (Phi) is 10.1. The molecule has 0 saturated carbocycles. The summed E-state index contributed by atoms with van der Waals surface area (Å²) in [5.41, 5.74) is 1.99. The maximum atomic E-state index is 12.0. The number of pyridine rings is 1. The van der Waals surface area contributed by atoms with Crippen LogP contribution in [0.25, 0.3) is 5.70 Å². The van der Waals surface area contributed by atoms with E-state index in [-0.39, 0.29) is 44.1 Å². The molecule has 0 bridgehead atoms. The van der Waals surface area contributed by atoms with Crippen molar-refractivity contribution in [1.29, 1.82) is 0 Å². The predicted octanol–water partition coefficient (Wildman–Crippen LogP) is 4.01. The van der Waals surface area contributed by atoms with Gasteiger partial charge in [0.2, 0.25) is 5.56 Å². The van der Waals surface area contributed by atoms with E-state index in [0.29, 0.717) is 5.56 Å². The first-order valence-corrected chi connectivity index (χ1v) is 7.13. The van der Waals surface area contributed by atoms with E-state index < -0.39 is 0 Å². The van der Waals surface area contributed by atoms with Gasteiger partial charge >= 0.3 is 0 Å². The third kappa shape index (κ3) is 6.80. The summed E-state index contributed by atoms with van der Waals surface area (Å²) in [6, 6.07) is 3.01. The number of hydrogen-bond acceptors (Lipinski definition) is 2. The Labute approximate surface area is 157 Å². The van der Waals surface area contributed by atoms with Gasteiger partial charge in [-0.15, -0.1) is 6.08 Å². The minimum atomic E-state index is -0.211. The number of unbranched alkanes of at least 4 members (excludes halogenated alkanes) is 1. The summed E-state index contributed by atoms with van der Waals surface area (Å²) in [7, 11) is 0. The average Bonchev–Trinajstić information content (AvgIpc) is 2.44. The van der Waals surface area contributed by atoms with Crippen molar-refractivity contribution in [3.8, 4) is 0 Å². The molecule has 1 rings (SSSR count). The Morgan fingerprint density at radius 3 is 2.55 bits per heavy atom. The second-order valence-corrected chi connectivity index (χ2v) is 4.98. The van der Waals surface area contributed by atoms with Crippen LogP contribution in [-0.2, 0) is 32.7 Å². The molecule has 0 unspecified atom stereocenters.